The van der Waals surface area contributed by atoms with Gasteiger partial charge in [-0.15, -0.1) is 5.10 Å². The van der Waals surface area contributed by atoms with Crippen LogP contribution in [0, 0.1) is 0 Å². The van der Waals surface area contributed by atoms with Crippen LogP contribution in [-0.4, -0.2) is 22.0 Å². The van der Waals surface area contributed by atoms with E-state index in [2.05, 4.69) is 22.6 Å². The normalized spacial score (nSPS) is 10.4. The second-order valence-corrected chi connectivity index (χ2v) is 2.48. The predicted octanol–water partition coefficient (Wildman–Crippen LogP) is 0.408. The summed E-state index contributed by atoms with van der Waals surface area (Å²) >= 11 is 0. The zero-order chi connectivity index (χ0) is 8.10. The highest BCUT2D eigenvalue weighted by Gasteiger charge is 1.99. The summed E-state index contributed by atoms with van der Waals surface area (Å²) in [5.41, 5.74) is 1.15. The molecule has 62 valence electrons. The second-order valence-electron chi connectivity index (χ2n) is 2.48. The summed E-state index contributed by atoms with van der Waals surface area (Å²) in [6, 6.07) is 0. The molecule has 0 radical (unpaired) electrons. The van der Waals surface area contributed by atoms with Crippen molar-refractivity contribution in [1.29, 1.82) is 0 Å². The van der Waals surface area contributed by atoms with Crippen molar-refractivity contribution < 1.29 is 0 Å². The minimum Gasteiger partial charge on any atom is -0.314 e. The molecular weight excluding hydrogens is 140 g/mol. The topological polar surface area (TPSA) is 42.7 Å². The molecule has 0 aromatic carbocycles. The third-order valence-corrected chi connectivity index (χ3v) is 1.49. The van der Waals surface area contributed by atoms with Gasteiger partial charge >= 0.3 is 0 Å². The van der Waals surface area contributed by atoms with E-state index in [0.29, 0.717) is 0 Å². The number of nitrogens with zero attached hydrogens (tertiary/aromatic N) is 3. The van der Waals surface area contributed by atoms with Crippen LogP contribution in [-0.2, 0) is 13.1 Å². The Morgan fingerprint density at radius 3 is 3.09 bits per heavy atom. The van der Waals surface area contributed by atoms with Crippen LogP contribution in [0.15, 0.2) is 6.20 Å². The van der Waals surface area contributed by atoms with E-state index in [1.165, 1.54) is 0 Å². The number of aryl methyl sites for hydroxylation is 1. The van der Waals surface area contributed by atoms with Crippen molar-refractivity contribution in [2.45, 2.75) is 26.4 Å². The molecule has 0 spiro atoms. The maximum atomic E-state index is 3.95. The summed E-state index contributed by atoms with van der Waals surface area (Å²) in [4.78, 5) is 0. The van der Waals surface area contributed by atoms with Crippen LogP contribution < -0.4 is 5.32 Å². The fourth-order valence-corrected chi connectivity index (χ4v) is 0.997. The van der Waals surface area contributed by atoms with Crippen LogP contribution in [0.3, 0.4) is 0 Å². The largest absolute Gasteiger partial charge is 0.314 e. The van der Waals surface area contributed by atoms with Crippen molar-refractivity contribution in [1.82, 2.24) is 20.3 Å². The number of rotatable bonds is 4. The molecule has 11 heavy (non-hydrogen) atoms. The monoisotopic (exact) mass is 154 g/mol. The number of nitrogens with one attached hydrogen (secondary N) is 1. The Labute approximate surface area is 66.6 Å². The molecule has 1 aromatic heterocycles. The Balaban J connectivity index is 2.62. The van der Waals surface area contributed by atoms with E-state index < -0.39 is 0 Å². The van der Waals surface area contributed by atoms with Gasteiger partial charge in [-0.2, -0.15) is 0 Å². The van der Waals surface area contributed by atoms with Gasteiger partial charge in [0.1, 0.15) is 0 Å². The summed E-state index contributed by atoms with van der Waals surface area (Å²) < 4.78 is 1.93. The molecule has 0 atom stereocenters. The van der Waals surface area contributed by atoms with Gasteiger partial charge in [0.2, 0.25) is 0 Å². The Kier molecular flexibility index (Phi) is 3.04. The van der Waals surface area contributed by atoms with Crippen LogP contribution in [0.25, 0.3) is 0 Å². The van der Waals surface area contributed by atoms with Crippen LogP contribution in [0.2, 0.25) is 0 Å². The van der Waals surface area contributed by atoms with Crippen LogP contribution in [0.5, 0.6) is 0 Å². The van der Waals surface area contributed by atoms with Crippen molar-refractivity contribution in [2.75, 3.05) is 7.05 Å². The van der Waals surface area contributed by atoms with Gasteiger partial charge in [0.15, 0.2) is 0 Å². The summed E-state index contributed by atoms with van der Waals surface area (Å²) in [6.45, 7) is 3.93. The average Bonchev–Trinajstić information content (AvgIpc) is 2.39. The lowest BCUT2D eigenvalue weighted by atomic mass is 10.4. The van der Waals surface area contributed by atoms with Crippen molar-refractivity contribution >= 4 is 0 Å². The maximum absolute atomic E-state index is 3.95. The molecule has 1 N–H and O–H groups in total. The fraction of sp³-hybridized carbons (Fsp3) is 0.714. The fourth-order valence-electron chi connectivity index (χ4n) is 0.997. The lowest BCUT2D eigenvalue weighted by Crippen LogP contribution is -2.12. The Morgan fingerprint density at radius 2 is 2.45 bits per heavy atom. The molecular formula is C7H14N4. The van der Waals surface area contributed by atoms with Crippen LogP contribution >= 0.6 is 0 Å². The smallest absolute Gasteiger partial charge is 0.0738 e. The third kappa shape index (κ3) is 2.01. The first-order valence-electron chi connectivity index (χ1n) is 3.90. The molecule has 4 heteroatoms. The molecule has 0 amide bonds. The van der Waals surface area contributed by atoms with Gasteiger partial charge in [-0.05, 0) is 13.5 Å². The molecule has 1 rings (SSSR count). The van der Waals surface area contributed by atoms with E-state index >= 15 is 0 Å². The third-order valence-electron chi connectivity index (χ3n) is 1.49. The van der Waals surface area contributed by atoms with E-state index in [0.717, 1.165) is 25.2 Å². The minimum absolute atomic E-state index is 0.840. The Morgan fingerprint density at radius 1 is 1.64 bits per heavy atom. The van der Waals surface area contributed by atoms with Gasteiger partial charge in [0, 0.05) is 13.1 Å². The summed E-state index contributed by atoms with van der Waals surface area (Å²) in [6.07, 6.45) is 2.90. The highest BCUT2D eigenvalue weighted by molar-refractivity contribution is 4.92. The van der Waals surface area contributed by atoms with Crippen molar-refractivity contribution in [2.24, 2.45) is 0 Å². The van der Waals surface area contributed by atoms with Crippen molar-refractivity contribution in [3.05, 3.63) is 11.9 Å². The number of hydrogen-bond acceptors (Lipinski definition) is 3. The van der Waals surface area contributed by atoms with E-state index in [-0.39, 0.29) is 0 Å². The second kappa shape index (κ2) is 4.08. The van der Waals surface area contributed by atoms with E-state index in [1.807, 2.05) is 11.7 Å². The van der Waals surface area contributed by atoms with Gasteiger partial charge in [-0.25, -0.2) is 4.68 Å². The lowest BCUT2D eigenvalue weighted by molar-refractivity contribution is 0.546. The highest BCUT2D eigenvalue weighted by Crippen LogP contribution is 1.96. The van der Waals surface area contributed by atoms with Crippen LogP contribution in [0.1, 0.15) is 19.0 Å². The summed E-state index contributed by atoms with van der Waals surface area (Å²) in [5, 5.41) is 10.9. The zero-order valence-electron chi connectivity index (χ0n) is 7.04. The first-order chi connectivity index (χ1) is 5.38. The summed E-state index contributed by atoms with van der Waals surface area (Å²) in [5.74, 6) is 0. The number of aromatic nitrogens is 3. The summed E-state index contributed by atoms with van der Waals surface area (Å²) in [7, 11) is 1.92. The molecule has 0 bridgehead atoms. The Bertz CT molecular complexity index is 185. The van der Waals surface area contributed by atoms with Gasteiger partial charge < -0.3 is 5.32 Å². The van der Waals surface area contributed by atoms with Gasteiger partial charge in [-0.1, -0.05) is 12.1 Å². The quantitative estimate of drug-likeness (QED) is 0.683. The molecule has 0 saturated carbocycles. The molecule has 0 aliphatic rings. The molecule has 4 nitrogen and oxygen atoms in total. The molecule has 0 unspecified atom stereocenters. The molecule has 0 aliphatic carbocycles. The number of hydrogen-bond donors (Lipinski definition) is 1. The highest BCUT2D eigenvalue weighted by atomic mass is 15.4. The molecule has 1 heterocycles. The standard InChI is InChI=1S/C7H14N4/c1-3-4-11-7(5-8-2)6-9-10-11/h6,8H,3-5H2,1-2H3. The average molecular weight is 154 g/mol. The van der Waals surface area contributed by atoms with Crippen molar-refractivity contribution in [3.8, 4) is 0 Å². The van der Waals surface area contributed by atoms with Gasteiger partial charge in [-0.3, -0.25) is 0 Å². The maximum Gasteiger partial charge on any atom is 0.0738 e. The van der Waals surface area contributed by atoms with Gasteiger partial charge in [0.25, 0.3) is 0 Å². The lowest BCUT2D eigenvalue weighted by Gasteiger charge is -2.02. The minimum atomic E-state index is 0.840. The first kappa shape index (κ1) is 8.20. The predicted molar refractivity (Wildman–Crippen MR) is 43.1 cm³/mol. The van der Waals surface area contributed by atoms with Crippen LogP contribution in [0.4, 0.5) is 0 Å². The van der Waals surface area contributed by atoms with Crippen molar-refractivity contribution in [3.63, 3.8) is 0 Å². The van der Waals surface area contributed by atoms with E-state index in [1.54, 1.807) is 6.20 Å². The zero-order valence-corrected chi connectivity index (χ0v) is 7.04. The first-order valence-corrected chi connectivity index (χ1v) is 3.90. The molecule has 0 fully saturated rings. The molecule has 0 saturated heterocycles. The molecule has 0 aliphatic heterocycles. The molecule has 1 aromatic rings. The Hall–Kier alpha value is -0.900. The van der Waals surface area contributed by atoms with E-state index in [9.17, 15) is 0 Å². The van der Waals surface area contributed by atoms with Gasteiger partial charge in [0.05, 0.1) is 11.9 Å². The SMILES string of the molecule is CCCn1nncc1CNC. The van der Waals surface area contributed by atoms with E-state index in [4.69, 9.17) is 0 Å².